The fourth-order valence-corrected chi connectivity index (χ4v) is 2.44. The third-order valence-corrected chi connectivity index (χ3v) is 3.52. The predicted octanol–water partition coefficient (Wildman–Crippen LogP) is 3.47. The van der Waals surface area contributed by atoms with Crippen LogP contribution in [0.5, 0.6) is 0 Å². The molecule has 1 N–H and O–H groups in total. The van der Waals surface area contributed by atoms with Crippen LogP contribution in [0.4, 0.5) is 4.39 Å². The van der Waals surface area contributed by atoms with Crippen LogP contribution in [-0.4, -0.2) is 25.8 Å². The fraction of sp³-hybridized carbons (Fsp3) is 0.625. The molecule has 0 heterocycles. The smallest absolute Gasteiger partial charge is 0.123 e. The van der Waals surface area contributed by atoms with Crippen molar-refractivity contribution in [3.05, 3.63) is 35.1 Å². The van der Waals surface area contributed by atoms with Crippen molar-refractivity contribution in [1.82, 2.24) is 5.32 Å². The fourth-order valence-electron chi connectivity index (χ4n) is 2.44. The van der Waals surface area contributed by atoms with Gasteiger partial charge in [-0.2, -0.15) is 0 Å². The summed E-state index contributed by atoms with van der Waals surface area (Å²) in [5.74, 6) is -0.169. The van der Waals surface area contributed by atoms with E-state index in [2.05, 4.69) is 12.2 Å². The van der Waals surface area contributed by atoms with Crippen LogP contribution in [0.2, 0.25) is 0 Å². The SMILES string of the molecule is CCCC(OCC)C(Cc1ccc(F)cc1C)NC. The Labute approximate surface area is 116 Å². The van der Waals surface area contributed by atoms with E-state index in [1.165, 1.54) is 11.6 Å². The first kappa shape index (κ1) is 16.1. The highest BCUT2D eigenvalue weighted by Crippen LogP contribution is 2.16. The number of hydrogen-bond acceptors (Lipinski definition) is 2. The van der Waals surface area contributed by atoms with Gasteiger partial charge >= 0.3 is 0 Å². The van der Waals surface area contributed by atoms with Gasteiger partial charge in [-0.25, -0.2) is 4.39 Å². The summed E-state index contributed by atoms with van der Waals surface area (Å²) in [6.45, 7) is 6.88. The van der Waals surface area contributed by atoms with Gasteiger partial charge < -0.3 is 10.1 Å². The van der Waals surface area contributed by atoms with E-state index in [0.717, 1.165) is 31.4 Å². The monoisotopic (exact) mass is 267 g/mol. The Hall–Kier alpha value is -0.930. The summed E-state index contributed by atoms with van der Waals surface area (Å²) in [5.41, 5.74) is 2.19. The average molecular weight is 267 g/mol. The van der Waals surface area contributed by atoms with Gasteiger partial charge in [0, 0.05) is 12.6 Å². The molecule has 0 spiro atoms. The molecule has 0 radical (unpaired) electrons. The molecule has 0 saturated heterocycles. The first-order chi connectivity index (χ1) is 9.12. The maximum atomic E-state index is 13.1. The van der Waals surface area contributed by atoms with Gasteiger partial charge in [-0.05, 0) is 57.0 Å². The Morgan fingerprint density at radius 2 is 2.05 bits per heavy atom. The highest BCUT2D eigenvalue weighted by molar-refractivity contribution is 5.27. The zero-order valence-corrected chi connectivity index (χ0v) is 12.5. The third kappa shape index (κ3) is 4.92. The van der Waals surface area contributed by atoms with Gasteiger partial charge in [0.05, 0.1) is 6.10 Å². The molecule has 3 heteroatoms. The van der Waals surface area contributed by atoms with Crippen LogP contribution in [0.3, 0.4) is 0 Å². The lowest BCUT2D eigenvalue weighted by atomic mass is 9.95. The van der Waals surface area contributed by atoms with Crippen molar-refractivity contribution < 1.29 is 9.13 Å². The van der Waals surface area contributed by atoms with Crippen LogP contribution in [0.15, 0.2) is 18.2 Å². The molecule has 2 atom stereocenters. The van der Waals surface area contributed by atoms with Crippen LogP contribution in [0, 0.1) is 12.7 Å². The van der Waals surface area contributed by atoms with Gasteiger partial charge in [-0.15, -0.1) is 0 Å². The number of hydrogen-bond donors (Lipinski definition) is 1. The maximum Gasteiger partial charge on any atom is 0.123 e. The molecule has 0 aliphatic carbocycles. The van der Waals surface area contributed by atoms with E-state index in [0.29, 0.717) is 0 Å². The van der Waals surface area contributed by atoms with Crippen LogP contribution in [0.25, 0.3) is 0 Å². The molecule has 2 unspecified atom stereocenters. The van der Waals surface area contributed by atoms with Crippen molar-refractivity contribution >= 4 is 0 Å². The van der Waals surface area contributed by atoms with Gasteiger partial charge in [0.1, 0.15) is 5.82 Å². The number of aryl methyl sites for hydroxylation is 1. The Morgan fingerprint density at radius 1 is 1.32 bits per heavy atom. The van der Waals surface area contributed by atoms with Crippen molar-refractivity contribution in [2.45, 2.75) is 52.2 Å². The zero-order valence-electron chi connectivity index (χ0n) is 12.5. The predicted molar refractivity (Wildman–Crippen MR) is 78.0 cm³/mol. The molecule has 0 aliphatic heterocycles. The van der Waals surface area contributed by atoms with Crippen LogP contribution in [-0.2, 0) is 11.2 Å². The average Bonchev–Trinajstić information content (AvgIpc) is 2.38. The summed E-state index contributed by atoms with van der Waals surface area (Å²) in [6, 6.07) is 5.27. The number of benzene rings is 1. The molecule has 108 valence electrons. The minimum atomic E-state index is -0.169. The van der Waals surface area contributed by atoms with Gasteiger partial charge in [0.2, 0.25) is 0 Å². The Bertz CT molecular complexity index is 375. The van der Waals surface area contributed by atoms with Crippen LogP contribution >= 0.6 is 0 Å². The van der Waals surface area contributed by atoms with E-state index in [-0.39, 0.29) is 18.0 Å². The lowest BCUT2D eigenvalue weighted by Crippen LogP contribution is -2.41. The lowest BCUT2D eigenvalue weighted by molar-refractivity contribution is 0.0300. The van der Waals surface area contributed by atoms with Gasteiger partial charge in [-0.1, -0.05) is 19.4 Å². The second kappa shape index (κ2) is 8.28. The first-order valence-electron chi connectivity index (χ1n) is 7.16. The summed E-state index contributed by atoms with van der Waals surface area (Å²) in [5, 5.41) is 3.34. The Balaban J connectivity index is 2.78. The molecule has 2 nitrogen and oxygen atoms in total. The highest BCUT2D eigenvalue weighted by atomic mass is 19.1. The molecule has 1 rings (SSSR count). The molecule has 1 aromatic carbocycles. The van der Waals surface area contributed by atoms with E-state index >= 15 is 0 Å². The Morgan fingerprint density at radius 3 is 2.58 bits per heavy atom. The minimum Gasteiger partial charge on any atom is -0.377 e. The quantitative estimate of drug-likeness (QED) is 0.778. The van der Waals surface area contributed by atoms with Crippen molar-refractivity contribution in [2.24, 2.45) is 0 Å². The van der Waals surface area contributed by atoms with E-state index < -0.39 is 0 Å². The topological polar surface area (TPSA) is 21.3 Å². The summed E-state index contributed by atoms with van der Waals surface area (Å²) < 4.78 is 19.0. The summed E-state index contributed by atoms with van der Waals surface area (Å²) in [6.07, 6.45) is 3.22. The normalized spacial score (nSPS) is 14.4. The van der Waals surface area contributed by atoms with Crippen molar-refractivity contribution in [2.75, 3.05) is 13.7 Å². The van der Waals surface area contributed by atoms with E-state index in [9.17, 15) is 4.39 Å². The lowest BCUT2D eigenvalue weighted by Gasteiger charge is -2.27. The zero-order chi connectivity index (χ0) is 14.3. The van der Waals surface area contributed by atoms with Crippen LogP contribution in [0.1, 0.15) is 37.8 Å². The number of likely N-dealkylation sites (N-methyl/N-ethyl adjacent to an activating group) is 1. The largest absolute Gasteiger partial charge is 0.377 e. The number of halogens is 1. The van der Waals surface area contributed by atoms with E-state index in [4.69, 9.17) is 4.74 Å². The van der Waals surface area contributed by atoms with E-state index in [1.54, 1.807) is 6.07 Å². The Kier molecular flexibility index (Phi) is 7.03. The molecule has 0 saturated carbocycles. The molecular formula is C16H26FNO. The molecule has 0 amide bonds. The second-order valence-electron chi connectivity index (χ2n) is 4.95. The summed E-state index contributed by atoms with van der Waals surface area (Å²) in [7, 11) is 1.96. The summed E-state index contributed by atoms with van der Waals surface area (Å²) in [4.78, 5) is 0. The number of ether oxygens (including phenoxy) is 1. The molecule has 1 aromatic rings. The number of rotatable bonds is 8. The third-order valence-electron chi connectivity index (χ3n) is 3.52. The molecule has 0 fully saturated rings. The standard InChI is InChI=1S/C16H26FNO/c1-5-7-16(19-6-2)15(18-4)11-13-8-9-14(17)10-12(13)3/h8-10,15-16,18H,5-7,11H2,1-4H3. The van der Waals surface area contributed by atoms with Gasteiger partial charge in [0.15, 0.2) is 0 Å². The molecule has 19 heavy (non-hydrogen) atoms. The van der Waals surface area contributed by atoms with Gasteiger partial charge in [-0.3, -0.25) is 0 Å². The minimum absolute atomic E-state index is 0.169. The maximum absolute atomic E-state index is 13.1. The molecule has 0 bridgehead atoms. The van der Waals surface area contributed by atoms with Crippen molar-refractivity contribution in [3.8, 4) is 0 Å². The number of nitrogens with one attached hydrogen (secondary N) is 1. The van der Waals surface area contributed by atoms with Crippen LogP contribution < -0.4 is 5.32 Å². The van der Waals surface area contributed by atoms with E-state index in [1.807, 2.05) is 27.0 Å². The summed E-state index contributed by atoms with van der Waals surface area (Å²) >= 11 is 0. The first-order valence-corrected chi connectivity index (χ1v) is 7.16. The molecule has 0 aromatic heterocycles. The highest BCUT2D eigenvalue weighted by Gasteiger charge is 2.20. The second-order valence-corrected chi connectivity index (χ2v) is 4.95. The van der Waals surface area contributed by atoms with Crippen molar-refractivity contribution in [3.63, 3.8) is 0 Å². The molecule has 0 aliphatic rings. The van der Waals surface area contributed by atoms with Gasteiger partial charge in [0.25, 0.3) is 0 Å². The molecular weight excluding hydrogens is 241 g/mol. The van der Waals surface area contributed by atoms with Crippen molar-refractivity contribution in [1.29, 1.82) is 0 Å².